The normalized spacial score (nSPS) is 16.7. The van der Waals surface area contributed by atoms with Crippen molar-refractivity contribution in [2.75, 3.05) is 0 Å². The Hall–Kier alpha value is -2.55. The van der Waals surface area contributed by atoms with Crippen LogP contribution in [-0.4, -0.2) is 17.2 Å². The fourth-order valence-electron chi connectivity index (χ4n) is 2.47. The summed E-state index contributed by atoms with van der Waals surface area (Å²) in [6.07, 6.45) is 1.27. The van der Waals surface area contributed by atoms with Gasteiger partial charge in [0.2, 0.25) is 0 Å². The second-order valence-electron chi connectivity index (χ2n) is 5.28. The molecule has 0 aliphatic carbocycles. The van der Waals surface area contributed by atoms with Crippen LogP contribution >= 0.6 is 0 Å². The summed E-state index contributed by atoms with van der Waals surface area (Å²) < 4.78 is 5.67. The van der Waals surface area contributed by atoms with Gasteiger partial charge in [-0.05, 0) is 43.2 Å². The molecule has 1 atom stereocenters. The highest BCUT2D eigenvalue weighted by molar-refractivity contribution is 5.95. The number of carboxylic acid groups (broad SMARTS) is 1. The standard InChI is InChI=1S/C18H16O3/c1-11-3-5-13(6-4-11)14-7-8-17-15(9-14)10-16(18(19)20)12(2)21-17/h3-10,12H,1-2H3,(H,19,20). The lowest BCUT2D eigenvalue weighted by atomic mass is 9.97. The van der Waals surface area contributed by atoms with E-state index in [4.69, 9.17) is 4.74 Å². The number of hydrogen-bond acceptors (Lipinski definition) is 2. The fourth-order valence-corrected chi connectivity index (χ4v) is 2.47. The van der Waals surface area contributed by atoms with Crippen LogP contribution < -0.4 is 4.74 Å². The molecule has 0 radical (unpaired) electrons. The Kier molecular flexibility index (Phi) is 3.26. The van der Waals surface area contributed by atoms with Crippen LogP contribution in [0.2, 0.25) is 0 Å². The van der Waals surface area contributed by atoms with Crippen molar-refractivity contribution in [3.63, 3.8) is 0 Å². The van der Waals surface area contributed by atoms with Crippen LogP contribution in [0.5, 0.6) is 5.75 Å². The summed E-state index contributed by atoms with van der Waals surface area (Å²) in [6, 6.07) is 14.1. The minimum Gasteiger partial charge on any atom is -0.485 e. The van der Waals surface area contributed by atoms with Gasteiger partial charge < -0.3 is 9.84 Å². The number of fused-ring (bicyclic) bond motifs is 1. The molecule has 1 aliphatic heterocycles. The summed E-state index contributed by atoms with van der Waals surface area (Å²) in [7, 11) is 0. The molecule has 106 valence electrons. The SMILES string of the molecule is Cc1ccc(-c2ccc3c(c2)C=C(C(=O)O)C(C)O3)cc1. The maximum atomic E-state index is 11.2. The van der Waals surface area contributed by atoms with Gasteiger partial charge in [0.1, 0.15) is 11.9 Å². The third-order valence-electron chi connectivity index (χ3n) is 3.69. The number of aryl methyl sites for hydroxylation is 1. The Morgan fingerprint density at radius 2 is 1.76 bits per heavy atom. The summed E-state index contributed by atoms with van der Waals surface area (Å²) in [6.45, 7) is 3.80. The number of hydrogen-bond donors (Lipinski definition) is 1. The lowest BCUT2D eigenvalue weighted by molar-refractivity contribution is -0.133. The first-order chi connectivity index (χ1) is 10.0. The quantitative estimate of drug-likeness (QED) is 0.907. The topological polar surface area (TPSA) is 46.5 Å². The third kappa shape index (κ3) is 2.55. The highest BCUT2D eigenvalue weighted by Crippen LogP contribution is 2.33. The summed E-state index contributed by atoms with van der Waals surface area (Å²) in [5, 5.41) is 9.20. The highest BCUT2D eigenvalue weighted by Gasteiger charge is 2.23. The number of carboxylic acids is 1. The fraction of sp³-hybridized carbons (Fsp3) is 0.167. The van der Waals surface area contributed by atoms with E-state index >= 15 is 0 Å². The van der Waals surface area contributed by atoms with E-state index in [0.29, 0.717) is 0 Å². The zero-order valence-corrected chi connectivity index (χ0v) is 12.0. The van der Waals surface area contributed by atoms with Crippen LogP contribution in [0.25, 0.3) is 17.2 Å². The van der Waals surface area contributed by atoms with Crippen molar-refractivity contribution < 1.29 is 14.6 Å². The zero-order chi connectivity index (χ0) is 15.0. The Morgan fingerprint density at radius 3 is 2.43 bits per heavy atom. The van der Waals surface area contributed by atoms with Crippen molar-refractivity contribution in [1.29, 1.82) is 0 Å². The number of benzene rings is 2. The molecule has 3 rings (SSSR count). The van der Waals surface area contributed by atoms with Gasteiger partial charge in [-0.25, -0.2) is 4.79 Å². The van der Waals surface area contributed by atoms with E-state index in [1.807, 2.05) is 25.1 Å². The van der Waals surface area contributed by atoms with Gasteiger partial charge in [0.15, 0.2) is 0 Å². The van der Waals surface area contributed by atoms with Gasteiger partial charge in [-0.3, -0.25) is 0 Å². The van der Waals surface area contributed by atoms with Crippen molar-refractivity contribution in [1.82, 2.24) is 0 Å². The van der Waals surface area contributed by atoms with Crippen LogP contribution in [0.15, 0.2) is 48.0 Å². The summed E-state index contributed by atoms with van der Waals surface area (Å²) in [4.78, 5) is 11.2. The molecular formula is C18H16O3. The maximum absolute atomic E-state index is 11.2. The lowest BCUT2D eigenvalue weighted by Gasteiger charge is -2.22. The van der Waals surface area contributed by atoms with Crippen LogP contribution in [0, 0.1) is 6.92 Å². The van der Waals surface area contributed by atoms with E-state index in [-0.39, 0.29) is 5.57 Å². The molecule has 1 heterocycles. The van der Waals surface area contributed by atoms with Gasteiger partial charge in [-0.15, -0.1) is 0 Å². The Bertz CT molecular complexity index is 727. The second-order valence-corrected chi connectivity index (χ2v) is 5.28. The zero-order valence-electron chi connectivity index (χ0n) is 12.0. The molecule has 21 heavy (non-hydrogen) atoms. The monoisotopic (exact) mass is 280 g/mol. The molecule has 3 nitrogen and oxygen atoms in total. The van der Waals surface area contributed by atoms with Crippen molar-refractivity contribution in [3.05, 3.63) is 59.2 Å². The van der Waals surface area contributed by atoms with Gasteiger partial charge >= 0.3 is 5.97 Å². The molecule has 0 amide bonds. The summed E-state index contributed by atoms with van der Waals surface area (Å²) in [5.74, 6) is -0.211. The van der Waals surface area contributed by atoms with Crippen LogP contribution in [0.4, 0.5) is 0 Å². The lowest BCUT2D eigenvalue weighted by Crippen LogP contribution is -2.24. The minimum atomic E-state index is -0.936. The van der Waals surface area contributed by atoms with E-state index < -0.39 is 12.1 Å². The van der Waals surface area contributed by atoms with E-state index in [1.54, 1.807) is 13.0 Å². The van der Waals surface area contributed by atoms with Crippen molar-refractivity contribution in [2.45, 2.75) is 20.0 Å². The number of ether oxygens (including phenoxy) is 1. The minimum absolute atomic E-state index is 0.281. The van der Waals surface area contributed by atoms with Crippen molar-refractivity contribution in [3.8, 4) is 16.9 Å². The molecule has 1 N–H and O–H groups in total. The molecule has 0 bridgehead atoms. The highest BCUT2D eigenvalue weighted by atomic mass is 16.5. The largest absolute Gasteiger partial charge is 0.485 e. The van der Waals surface area contributed by atoms with Crippen LogP contribution in [-0.2, 0) is 4.79 Å². The molecule has 2 aromatic carbocycles. The average molecular weight is 280 g/mol. The Balaban J connectivity index is 2.05. The molecule has 0 aromatic heterocycles. The molecule has 3 heteroatoms. The van der Waals surface area contributed by atoms with Gasteiger partial charge in [0, 0.05) is 5.56 Å². The van der Waals surface area contributed by atoms with E-state index in [2.05, 4.69) is 24.3 Å². The van der Waals surface area contributed by atoms with Gasteiger partial charge in [0.25, 0.3) is 0 Å². The first kappa shape index (κ1) is 13.4. The number of rotatable bonds is 2. The molecule has 0 spiro atoms. The molecule has 0 fully saturated rings. The van der Waals surface area contributed by atoms with Crippen molar-refractivity contribution >= 4 is 12.0 Å². The molecule has 0 saturated heterocycles. The summed E-state index contributed by atoms with van der Waals surface area (Å²) >= 11 is 0. The molecule has 1 unspecified atom stereocenters. The predicted octanol–water partition coefficient (Wildman–Crippen LogP) is 3.91. The predicted molar refractivity (Wildman–Crippen MR) is 82.3 cm³/mol. The summed E-state index contributed by atoms with van der Waals surface area (Å²) in [5.41, 5.74) is 4.45. The van der Waals surface area contributed by atoms with E-state index in [1.165, 1.54) is 5.56 Å². The molecule has 0 saturated carbocycles. The first-order valence-electron chi connectivity index (χ1n) is 6.87. The Labute approximate surface area is 123 Å². The van der Waals surface area contributed by atoms with E-state index in [9.17, 15) is 9.90 Å². The van der Waals surface area contributed by atoms with Gasteiger partial charge in [-0.1, -0.05) is 35.9 Å². The second kappa shape index (κ2) is 5.09. The van der Waals surface area contributed by atoms with Crippen LogP contribution in [0.3, 0.4) is 0 Å². The van der Waals surface area contributed by atoms with Crippen molar-refractivity contribution in [2.24, 2.45) is 0 Å². The van der Waals surface area contributed by atoms with Crippen LogP contribution in [0.1, 0.15) is 18.1 Å². The van der Waals surface area contributed by atoms with E-state index in [0.717, 1.165) is 22.4 Å². The van der Waals surface area contributed by atoms with Gasteiger partial charge in [0.05, 0.1) is 5.57 Å². The maximum Gasteiger partial charge on any atom is 0.335 e. The molecule has 1 aliphatic rings. The van der Waals surface area contributed by atoms with Gasteiger partial charge in [-0.2, -0.15) is 0 Å². The first-order valence-corrected chi connectivity index (χ1v) is 6.87. The third-order valence-corrected chi connectivity index (χ3v) is 3.69. The Morgan fingerprint density at radius 1 is 1.10 bits per heavy atom. The molecule has 2 aromatic rings. The molecular weight excluding hydrogens is 264 g/mol. The number of carbonyl (C=O) groups is 1. The smallest absolute Gasteiger partial charge is 0.335 e. The average Bonchev–Trinajstić information content (AvgIpc) is 2.46. The number of aliphatic carboxylic acids is 1.